The molecule has 2 N–H and O–H groups in total. The quantitative estimate of drug-likeness (QED) is 0.653. The van der Waals surface area contributed by atoms with Crippen molar-refractivity contribution in [2.45, 2.75) is 32.9 Å². The molecule has 0 fully saturated rings. The highest BCUT2D eigenvalue weighted by atomic mass is 35.5. The molecule has 2 aromatic carbocycles. The molecule has 0 spiro atoms. The van der Waals surface area contributed by atoms with E-state index >= 15 is 0 Å². The third kappa shape index (κ3) is 4.92. The Morgan fingerprint density at radius 3 is 2.56 bits per heavy atom. The number of ether oxygens (including phenoxy) is 1. The lowest BCUT2D eigenvalue weighted by Gasteiger charge is -2.19. The SMILES string of the molecule is CC(C)(C)OC(=O)CNc1ccc2c(c1)c(=O)[nH]n2Cc1ccc(Cl)cc1. The molecule has 1 heterocycles. The Labute approximate surface area is 162 Å². The molecule has 27 heavy (non-hydrogen) atoms. The number of aromatic nitrogens is 2. The fraction of sp³-hybridized carbons (Fsp3) is 0.300. The van der Waals surface area contributed by atoms with Gasteiger partial charge in [0, 0.05) is 10.7 Å². The zero-order valence-corrected chi connectivity index (χ0v) is 16.3. The van der Waals surface area contributed by atoms with E-state index in [1.54, 1.807) is 10.7 Å². The van der Waals surface area contributed by atoms with Crippen molar-refractivity contribution in [2.24, 2.45) is 0 Å². The number of carbonyl (C=O) groups excluding carboxylic acids is 1. The van der Waals surface area contributed by atoms with Gasteiger partial charge in [-0.1, -0.05) is 23.7 Å². The van der Waals surface area contributed by atoms with Gasteiger partial charge in [0.25, 0.3) is 5.56 Å². The van der Waals surface area contributed by atoms with Crippen LogP contribution in [0.1, 0.15) is 26.3 Å². The van der Waals surface area contributed by atoms with Gasteiger partial charge in [0.05, 0.1) is 17.4 Å². The smallest absolute Gasteiger partial charge is 0.325 e. The van der Waals surface area contributed by atoms with Crippen LogP contribution in [0.15, 0.2) is 47.3 Å². The van der Waals surface area contributed by atoms with Gasteiger partial charge < -0.3 is 10.1 Å². The van der Waals surface area contributed by atoms with Gasteiger partial charge in [-0.2, -0.15) is 0 Å². The first-order chi connectivity index (χ1) is 12.7. The van der Waals surface area contributed by atoms with Crippen molar-refractivity contribution >= 4 is 34.2 Å². The zero-order valence-electron chi connectivity index (χ0n) is 15.5. The number of carbonyl (C=O) groups is 1. The third-order valence-electron chi connectivity index (χ3n) is 3.88. The van der Waals surface area contributed by atoms with Crippen LogP contribution in [0.4, 0.5) is 5.69 Å². The Balaban J connectivity index is 1.76. The summed E-state index contributed by atoms with van der Waals surface area (Å²) >= 11 is 5.91. The summed E-state index contributed by atoms with van der Waals surface area (Å²) in [6.07, 6.45) is 0. The van der Waals surface area contributed by atoms with Crippen molar-refractivity contribution < 1.29 is 9.53 Å². The van der Waals surface area contributed by atoms with E-state index in [1.165, 1.54) is 0 Å². The van der Waals surface area contributed by atoms with Gasteiger partial charge in [0.1, 0.15) is 12.1 Å². The Kier molecular flexibility index (Phi) is 5.28. The average molecular weight is 388 g/mol. The summed E-state index contributed by atoms with van der Waals surface area (Å²) in [4.78, 5) is 24.1. The Bertz CT molecular complexity index is 1010. The van der Waals surface area contributed by atoms with Crippen LogP contribution in [-0.2, 0) is 16.1 Å². The van der Waals surface area contributed by atoms with E-state index in [1.807, 2.05) is 57.2 Å². The van der Waals surface area contributed by atoms with Gasteiger partial charge in [-0.3, -0.25) is 19.4 Å². The maximum absolute atomic E-state index is 12.3. The molecule has 3 aromatic rings. The van der Waals surface area contributed by atoms with Gasteiger partial charge in [-0.25, -0.2) is 0 Å². The number of halogens is 1. The molecule has 0 saturated heterocycles. The Morgan fingerprint density at radius 2 is 1.89 bits per heavy atom. The van der Waals surface area contributed by atoms with Crippen molar-refractivity contribution in [2.75, 3.05) is 11.9 Å². The highest BCUT2D eigenvalue weighted by molar-refractivity contribution is 6.30. The van der Waals surface area contributed by atoms with Crippen molar-refractivity contribution in [3.05, 3.63) is 63.4 Å². The molecule has 0 saturated carbocycles. The van der Waals surface area contributed by atoms with Crippen LogP contribution < -0.4 is 10.9 Å². The van der Waals surface area contributed by atoms with E-state index in [9.17, 15) is 9.59 Å². The van der Waals surface area contributed by atoms with E-state index < -0.39 is 5.60 Å². The minimum Gasteiger partial charge on any atom is -0.459 e. The molecular weight excluding hydrogens is 366 g/mol. The summed E-state index contributed by atoms with van der Waals surface area (Å²) in [5, 5.41) is 7.07. The number of benzene rings is 2. The van der Waals surface area contributed by atoms with E-state index in [4.69, 9.17) is 16.3 Å². The van der Waals surface area contributed by atoms with Crippen LogP contribution in [0, 0.1) is 0 Å². The fourth-order valence-electron chi connectivity index (χ4n) is 2.76. The number of hydrogen-bond donors (Lipinski definition) is 2. The zero-order chi connectivity index (χ0) is 19.6. The Morgan fingerprint density at radius 1 is 1.19 bits per heavy atom. The maximum Gasteiger partial charge on any atom is 0.325 e. The second-order valence-corrected chi connectivity index (χ2v) is 7.76. The highest BCUT2D eigenvalue weighted by Gasteiger charge is 2.16. The lowest BCUT2D eigenvalue weighted by molar-refractivity contribution is -0.152. The molecule has 0 unspecified atom stereocenters. The number of fused-ring (bicyclic) bond motifs is 1. The molecule has 3 rings (SSSR count). The van der Waals surface area contributed by atoms with Crippen LogP contribution in [0.25, 0.3) is 10.9 Å². The van der Waals surface area contributed by atoms with E-state index in [0.29, 0.717) is 22.6 Å². The molecule has 6 nitrogen and oxygen atoms in total. The second-order valence-electron chi connectivity index (χ2n) is 7.33. The predicted molar refractivity (Wildman–Crippen MR) is 107 cm³/mol. The molecule has 0 bridgehead atoms. The summed E-state index contributed by atoms with van der Waals surface area (Å²) in [5.41, 5.74) is 1.79. The van der Waals surface area contributed by atoms with E-state index in [-0.39, 0.29) is 18.1 Å². The molecule has 0 aliphatic heterocycles. The number of nitrogens with one attached hydrogen (secondary N) is 2. The molecule has 0 atom stereocenters. The van der Waals surface area contributed by atoms with Crippen molar-refractivity contribution in [1.29, 1.82) is 0 Å². The summed E-state index contributed by atoms with van der Waals surface area (Å²) in [7, 11) is 0. The fourth-order valence-corrected chi connectivity index (χ4v) is 2.88. The predicted octanol–water partition coefficient (Wildman–Crippen LogP) is 3.78. The first kappa shape index (κ1) is 19.0. The van der Waals surface area contributed by atoms with E-state index in [2.05, 4.69) is 10.4 Å². The largest absolute Gasteiger partial charge is 0.459 e. The van der Waals surface area contributed by atoms with Gasteiger partial charge in [-0.15, -0.1) is 0 Å². The van der Waals surface area contributed by atoms with Crippen LogP contribution in [0.2, 0.25) is 5.02 Å². The molecule has 0 radical (unpaired) electrons. The lowest BCUT2D eigenvalue weighted by Crippen LogP contribution is -2.28. The van der Waals surface area contributed by atoms with Crippen LogP contribution in [0.5, 0.6) is 0 Å². The molecule has 0 aliphatic carbocycles. The molecule has 7 heteroatoms. The minimum atomic E-state index is -0.529. The van der Waals surface area contributed by atoms with Gasteiger partial charge >= 0.3 is 5.97 Å². The first-order valence-corrected chi connectivity index (χ1v) is 9.02. The minimum absolute atomic E-state index is 0.0339. The van der Waals surface area contributed by atoms with E-state index in [0.717, 1.165) is 11.1 Å². The first-order valence-electron chi connectivity index (χ1n) is 8.64. The number of hydrogen-bond acceptors (Lipinski definition) is 4. The number of nitrogens with zero attached hydrogens (tertiary/aromatic N) is 1. The van der Waals surface area contributed by atoms with Gasteiger partial charge in [0.2, 0.25) is 0 Å². The monoisotopic (exact) mass is 387 g/mol. The Hall–Kier alpha value is -2.73. The molecular formula is C20H22ClN3O3. The standard InChI is InChI=1S/C20H22ClN3O3/c1-20(2,3)27-18(25)11-22-15-8-9-17-16(10-15)19(26)23-24(17)12-13-4-6-14(21)7-5-13/h4-10,22H,11-12H2,1-3H3,(H,23,26). The van der Waals surface area contributed by atoms with Crippen molar-refractivity contribution in [3.8, 4) is 0 Å². The average Bonchev–Trinajstić information content (AvgIpc) is 2.89. The van der Waals surface area contributed by atoms with Crippen LogP contribution in [0.3, 0.4) is 0 Å². The van der Waals surface area contributed by atoms with Crippen LogP contribution >= 0.6 is 11.6 Å². The lowest BCUT2D eigenvalue weighted by atomic mass is 10.2. The molecule has 1 aromatic heterocycles. The number of anilines is 1. The van der Waals surface area contributed by atoms with Gasteiger partial charge in [0.15, 0.2) is 0 Å². The number of aromatic amines is 1. The third-order valence-corrected chi connectivity index (χ3v) is 4.13. The summed E-state index contributed by atoms with van der Waals surface area (Å²) in [6.45, 7) is 6.02. The van der Waals surface area contributed by atoms with Crippen LogP contribution in [-0.4, -0.2) is 27.9 Å². The second kappa shape index (κ2) is 7.48. The van der Waals surface area contributed by atoms with Crippen molar-refractivity contribution in [3.63, 3.8) is 0 Å². The summed E-state index contributed by atoms with van der Waals surface area (Å²) < 4.78 is 7.06. The van der Waals surface area contributed by atoms with Crippen molar-refractivity contribution in [1.82, 2.24) is 9.78 Å². The number of H-pyrrole nitrogens is 1. The number of esters is 1. The van der Waals surface area contributed by atoms with Gasteiger partial charge in [-0.05, 0) is 56.7 Å². The topological polar surface area (TPSA) is 76.1 Å². The number of rotatable bonds is 5. The normalized spacial score (nSPS) is 11.6. The molecule has 0 aliphatic rings. The highest BCUT2D eigenvalue weighted by Crippen LogP contribution is 2.18. The molecule has 0 amide bonds. The maximum atomic E-state index is 12.3. The molecule has 142 valence electrons. The summed E-state index contributed by atoms with van der Waals surface area (Å²) in [5.74, 6) is -0.350. The summed E-state index contributed by atoms with van der Waals surface area (Å²) in [6, 6.07) is 12.9.